The molecule has 21 heavy (non-hydrogen) atoms. The Morgan fingerprint density at radius 2 is 1.48 bits per heavy atom. The van der Waals surface area contributed by atoms with Crippen molar-refractivity contribution in [3.05, 3.63) is 48.5 Å². The number of methoxy groups -OCH3 is 1. The number of hydrogen-bond donors (Lipinski definition) is 2. The van der Waals surface area contributed by atoms with Crippen LogP contribution in [-0.2, 0) is 4.79 Å². The number of carboxylic acid groups (broad SMARTS) is 1. The number of aliphatic carboxylic acids is 1. The maximum Gasteiger partial charge on any atom is 0.300 e. The van der Waals surface area contributed by atoms with Crippen LogP contribution in [0.25, 0.3) is 21.5 Å². The molecule has 2 N–H and O–H groups in total. The van der Waals surface area contributed by atoms with Crippen LogP contribution in [0, 0.1) is 0 Å². The Morgan fingerprint density at radius 1 is 0.952 bits per heavy atom. The average molecular weight is 284 g/mol. The van der Waals surface area contributed by atoms with Crippen LogP contribution in [-0.4, -0.2) is 23.3 Å². The lowest BCUT2D eigenvalue weighted by molar-refractivity contribution is -0.134. The van der Waals surface area contributed by atoms with Gasteiger partial charge in [0.1, 0.15) is 11.5 Å². The SMILES string of the molecule is CC(=O)O.COc1ccc2c(ccc3cc(O)ccc32)c1. The second-order valence-corrected chi connectivity index (χ2v) is 4.58. The van der Waals surface area contributed by atoms with E-state index in [4.69, 9.17) is 14.6 Å². The molecular weight excluding hydrogens is 268 g/mol. The van der Waals surface area contributed by atoms with Crippen molar-refractivity contribution < 1.29 is 19.7 Å². The van der Waals surface area contributed by atoms with Crippen molar-refractivity contribution in [3.8, 4) is 11.5 Å². The Labute approximate surface area is 122 Å². The molecule has 0 aliphatic rings. The molecule has 3 rings (SSSR count). The number of phenols is 1. The van der Waals surface area contributed by atoms with Crippen LogP contribution in [0.5, 0.6) is 11.5 Å². The van der Waals surface area contributed by atoms with Crippen LogP contribution < -0.4 is 4.74 Å². The fourth-order valence-corrected chi connectivity index (χ4v) is 2.16. The molecule has 0 saturated heterocycles. The van der Waals surface area contributed by atoms with E-state index in [0.717, 1.165) is 28.8 Å². The molecule has 0 aliphatic heterocycles. The van der Waals surface area contributed by atoms with Crippen LogP contribution >= 0.6 is 0 Å². The van der Waals surface area contributed by atoms with Crippen LogP contribution in [0.15, 0.2) is 48.5 Å². The number of phenolic OH excluding ortho intramolecular Hbond substituents is 1. The van der Waals surface area contributed by atoms with Gasteiger partial charge in [-0.2, -0.15) is 0 Å². The zero-order valence-corrected chi connectivity index (χ0v) is 11.8. The molecule has 0 radical (unpaired) electrons. The van der Waals surface area contributed by atoms with E-state index in [1.807, 2.05) is 36.4 Å². The van der Waals surface area contributed by atoms with Gasteiger partial charge in [0, 0.05) is 6.92 Å². The average Bonchev–Trinajstić information content (AvgIpc) is 2.45. The lowest BCUT2D eigenvalue weighted by Crippen LogP contribution is -1.83. The first-order chi connectivity index (χ1) is 10.0. The van der Waals surface area contributed by atoms with E-state index in [-0.39, 0.29) is 0 Å². The van der Waals surface area contributed by atoms with E-state index in [0.29, 0.717) is 5.75 Å². The van der Waals surface area contributed by atoms with E-state index in [1.165, 1.54) is 5.39 Å². The molecule has 0 heterocycles. The molecule has 0 aliphatic carbocycles. The van der Waals surface area contributed by atoms with Crippen molar-refractivity contribution in [1.82, 2.24) is 0 Å². The summed E-state index contributed by atoms with van der Waals surface area (Å²) in [6.45, 7) is 1.08. The second-order valence-electron chi connectivity index (χ2n) is 4.58. The Kier molecular flexibility index (Phi) is 4.28. The van der Waals surface area contributed by atoms with Gasteiger partial charge in [-0.1, -0.05) is 24.3 Å². The first-order valence-electron chi connectivity index (χ1n) is 6.40. The highest BCUT2D eigenvalue weighted by molar-refractivity contribution is 6.08. The molecule has 0 saturated carbocycles. The summed E-state index contributed by atoms with van der Waals surface area (Å²) < 4.78 is 5.21. The summed E-state index contributed by atoms with van der Waals surface area (Å²) >= 11 is 0. The molecule has 3 aromatic carbocycles. The van der Waals surface area contributed by atoms with Gasteiger partial charge in [-0.05, 0) is 45.8 Å². The first kappa shape index (κ1) is 14.7. The highest BCUT2D eigenvalue weighted by atomic mass is 16.5. The third kappa shape index (κ3) is 3.42. The van der Waals surface area contributed by atoms with Crippen molar-refractivity contribution in [1.29, 1.82) is 0 Å². The predicted octanol–water partition coefficient (Wildman–Crippen LogP) is 3.80. The maximum absolute atomic E-state index is 9.46. The van der Waals surface area contributed by atoms with Gasteiger partial charge in [-0.25, -0.2) is 0 Å². The number of aromatic hydroxyl groups is 1. The molecule has 0 aromatic heterocycles. The number of rotatable bonds is 1. The first-order valence-corrected chi connectivity index (χ1v) is 6.40. The topological polar surface area (TPSA) is 66.8 Å². The normalized spacial score (nSPS) is 10.0. The van der Waals surface area contributed by atoms with E-state index < -0.39 is 5.97 Å². The van der Waals surface area contributed by atoms with Crippen LogP contribution in [0.1, 0.15) is 6.92 Å². The molecule has 0 spiro atoms. The van der Waals surface area contributed by atoms with E-state index in [1.54, 1.807) is 19.2 Å². The van der Waals surface area contributed by atoms with Gasteiger partial charge in [0.15, 0.2) is 0 Å². The van der Waals surface area contributed by atoms with Crippen molar-refractivity contribution in [2.75, 3.05) is 7.11 Å². The Bertz CT molecular complexity index is 789. The van der Waals surface area contributed by atoms with Gasteiger partial charge < -0.3 is 14.9 Å². The van der Waals surface area contributed by atoms with Crippen molar-refractivity contribution in [2.24, 2.45) is 0 Å². The van der Waals surface area contributed by atoms with E-state index in [2.05, 4.69) is 0 Å². The maximum atomic E-state index is 9.46. The monoisotopic (exact) mass is 284 g/mol. The minimum absolute atomic E-state index is 0.297. The number of benzene rings is 3. The molecule has 0 unspecified atom stereocenters. The highest BCUT2D eigenvalue weighted by Crippen LogP contribution is 2.30. The van der Waals surface area contributed by atoms with Crippen LogP contribution in [0.3, 0.4) is 0 Å². The quantitative estimate of drug-likeness (QED) is 0.667. The summed E-state index contributed by atoms with van der Waals surface area (Å²) in [6, 6.07) is 15.5. The zero-order chi connectivity index (χ0) is 15.4. The smallest absolute Gasteiger partial charge is 0.300 e. The summed E-state index contributed by atoms with van der Waals surface area (Å²) in [5.74, 6) is 0.320. The molecule has 0 amide bonds. The van der Waals surface area contributed by atoms with Crippen molar-refractivity contribution in [2.45, 2.75) is 6.92 Å². The summed E-state index contributed by atoms with van der Waals surface area (Å²) in [5, 5.41) is 21.4. The number of hydrogen-bond acceptors (Lipinski definition) is 3. The lowest BCUT2D eigenvalue weighted by atomic mass is 10.0. The Hall–Kier alpha value is -2.75. The molecule has 0 fully saturated rings. The van der Waals surface area contributed by atoms with Gasteiger partial charge in [-0.3, -0.25) is 4.79 Å². The number of fused-ring (bicyclic) bond motifs is 3. The van der Waals surface area contributed by atoms with Crippen LogP contribution in [0.2, 0.25) is 0 Å². The van der Waals surface area contributed by atoms with Gasteiger partial charge in [0.25, 0.3) is 5.97 Å². The Balaban J connectivity index is 0.000000361. The fraction of sp³-hybridized carbons (Fsp3) is 0.118. The van der Waals surface area contributed by atoms with Crippen LogP contribution in [0.4, 0.5) is 0 Å². The standard InChI is InChI=1S/C15H12O2.C2H4O2/c1-17-13-5-7-15-11(9-13)3-2-10-8-12(16)4-6-14(10)15;1-2(3)4/h2-9,16H,1H3;1H3,(H,3,4). The third-order valence-electron chi connectivity index (χ3n) is 3.03. The number of carboxylic acids is 1. The summed E-state index contributed by atoms with van der Waals surface area (Å²) in [7, 11) is 1.67. The zero-order valence-electron chi connectivity index (χ0n) is 11.8. The fourth-order valence-electron chi connectivity index (χ4n) is 2.16. The van der Waals surface area contributed by atoms with Gasteiger partial charge >= 0.3 is 0 Å². The minimum Gasteiger partial charge on any atom is -0.508 e. The number of ether oxygens (including phenoxy) is 1. The molecule has 4 heteroatoms. The summed E-state index contributed by atoms with van der Waals surface area (Å²) in [4.78, 5) is 9.00. The molecule has 4 nitrogen and oxygen atoms in total. The summed E-state index contributed by atoms with van der Waals surface area (Å²) in [6.07, 6.45) is 0. The van der Waals surface area contributed by atoms with Gasteiger partial charge in [-0.15, -0.1) is 0 Å². The Morgan fingerprint density at radius 3 is 2.05 bits per heavy atom. The summed E-state index contributed by atoms with van der Waals surface area (Å²) in [5.41, 5.74) is 0. The third-order valence-corrected chi connectivity index (χ3v) is 3.03. The molecule has 3 aromatic rings. The van der Waals surface area contributed by atoms with Gasteiger partial charge in [0.05, 0.1) is 7.11 Å². The molecule has 0 bridgehead atoms. The minimum atomic E-state index is -0.833. The van der Waals surface area contributed by atoms with Crippen molar-refractivity contribution in [3.63, 3.8) is 0 Å². The van der Waals surface area contributed by atoms with E-state index in [9.17, 15) is 5.11 Å². The van der Waals surface area contributed by atoms with Crippen molar-refractivity contribution >= 4 is 27.5 Å². The lowest BCUT2D eigenvalue weighted by Gasteiger charge is -2.06. The number of carbonyl (C=O) groups is 1. The molecular formula is C17H16O4. The largest absolute Gasteiger partial charge is 0.508 e. The van der Waals surface area contributed by atoms with Gasteiger partial charge in [0.2, 0.25) is 0 Å². The molecule has 108 valence electrons. The molecule has 0 atom stereocenters. The highest BCUT2D eigenvalue weighted by Gasteiger charge is 2.02. The predicted molar refractivity (Wildman–Crippen MR) is 83.0 cm³/mol. The van der Waals surface area contributed by atoms with E-state index >= 15 is 0 Å². The second kappa shape index (κ2) is 6.13.